The number of hydrogen-bond donors (Lipinski definition) is 0. The lowest BCUT2D eigenvalue weighted by Crippen LogP contribution is -3.00. The Balaban J connectivity index is 0.00000337. The van der Waals surface area contributed by atoms with Crippen molar-refractivity contribution in [3.8, 4) is 17.2 Å². The van der Waals surface area contributed by atoms with Crippen LogP contribution in [0.1, 0.15) is 96.3 Å². The molecule has 3 aliphatic carbocycles. The second-order valence-electron chi connectivity index (χ2n) is 11.9. The van der Waals surface area contributed by atoms with Gasteiger partial charge in [0.1, 0.15) is 17.2 Å². The lowest BCUT2D eigenvalue weighted by atomic mass is 9.98. The monoisotopic (exact) mass is 636 g/mol. The van der Waals surface area contributed by atoms with Crippen LogP contribution in [-0.4, -0.2) is 18.3 Å². The number of hydrogen-bond acceptors (Lipinski definition) is 3. The topological polar surface area (TPSA) is 27.7 Å². The van der Waals surface area contributed by atoms with Gasteiger partial charge in [0.25, 0.3) is 0 Å². The van der Waals surface area contributed by atoms with Gasteiger partial charge in [0, 0.05) is 0 Å². The molecule has 0 aromatic heterocycles. The molecule has 0 N–H and O–H groups in total. The first-order valence-electron chi connectivity index (χ1n) is 15.8. The van der Waals surface area contributed by atoms with Gasteiger partial charge in [-0.05, 0) is 150 Å². The Labute approximate surface area is 260 Å². The van der Waals surface area contributed by atoms with Crippen LogP contribution in [0.4, 0.5) is 0 Å². The summed E-state index contributed by atoms with van der Waals surface area (Å²) in [5, 5.41) is 0. The molecule has 0 radical (unpaired) electrons. The van der Waals surface area contributed by atoms with Gasteiger partial charge in [-0.15, -0.1) is 0 Å². The smallest absolute Gasteiger partial charge is 0.166 e. The van der Waals surface area contributed by atoms with Crippen LogP contribution in [0.25, 0.3) is 0 Å². The predicted octanol–water partition coefficient (Wildman–Crippen LogP) is 6.92. The normalized spacial score (nSPS) is 19.0. The Hall–Kier alpha value is -2.11. The molecular formula is C36H45BrO3S. The van der Waals surface area contributed by atoms with Crippen molar-refractivity contribution in [2.75, 3.05) is 0 Å². The highest BCUT2D eigenvalue weighted by molar-refractivity contribution is 7.97. The molecule has 0 saturated heterocycles. The van der Waals surface area contributed by atoms with Crippen LogP contribution in [0.5, 0.6) is 17.2 Å². The fourth-order valence-corrected chi connectivity index (χ4v) is 8.54. The van der Waals surface area contributed by atoms with Crippen LogP contribution in [-0.2, 0) is 10.9 Å². The van der Waals surface area contributed by atoms with E-state index in [0.717, 1.165) is 17.2 Å². The van der Waals surface area contributed by atoms with Crippen molar-refractivity contribution in [2.24, 2.45) is 0 Å². The zero-order valence-electron chi connectivity index (χ0n) is 24.3. The minimum absolute atomic E-state index is 0. The maximum absolute atomic E-state index is 6.35. The molecule has 0 aliphatic heterocycles. The lowest BCUT2D eigenvalue weighted by molar-refractivity contribution is -0.0000116. The zero-order valence-corrected chi connectivity index (χ0v) is 26.7. The fourth-order valence-electron chi connectivity index (χ4n) is 6.50. The molecule has 0 atom stereocenters. The van der Waals surface area contributed by atoms with Crippen molar-refractivity contribution >= 4 is 10.9 Å². The third kappa shape index (κ3) is 8.47. The maximum Gasteiger partial charge on any atom is 0.166 e. The van der Waals surface area contributed by atoms with Gasteiger partial charge < -0.3 is 31.2 Å². The number of halogens is 1. The molecule has 5 heteroatoms. The van der Waals surface area contributed by atoms with Crippen molar-refractivity contribution in [1.29, 1.82) is 0 Å². The molecule has 0 bridgehead atoms. The summed E-state index contributed by atoms with van der Waals surface area (Å²) in [6, 6.07) is 26.6. The second-order valence-corrected chi connectivity index (χ2v) is 13.9. The summed E-state index contributed by atoms with van der Waals surface area (Å²) in [7, 11) is -0.226. The standard InChI is InChI=1S/C36H45O3S.BrH/c1-4-10-28(11-5-1)37-31-16-22-34(23-17-31)40(35-24-18-32(19-25-35)38-29-12-6-2-7-13-29)36-26-20-33(21-27-36)39-30-14-8-3-9-15-30;/h16-30H,1-15H2;1H/q+1;/p-1. The van der Waals surface area contributed by atoms with Gasteiger partial charge in [0.05, 0.1) is 29.2 Å². The highest BCUT2D eigenvalue weighted by Crippen LogP contribution is 2.35. The molecule has 3 aromatic rings. The van der Waals surface area contributed by atoms with E-state index in [1.54, 1.807) is 0 Å². The molecular weight excluding hydrogens is 592 g/mol. The molecule has 3 saturated carbocycles. The van der Waals surface area contributed by atoms with Gasteiger partial charge in [-0.3, -0.25) is 0 Å². The van der Waals surface area contributed by atoms with Crippen molar-refractivity contribution < 1.29 is 31.2 Å². The SMILES string of the molecule is [Br-].c1cc([S+](c2ccc(OC3CCCCC3)cc2)c2ccc(OC3CCCCC3)cc2)ccc1OC1CCCCC1. The van der Waals surface area contributed by atoms with Crippen LogP contribution in [0.15, 0.2) is 87.5 Å². The molecule has 0 amide bonds. The van der Waals surface area contributed by atoms with Crippen molar-refractivity contribution in [1.82, 2.24) is 0 Å². The quantitative estimate of drug-likeness (QED) is 0.239. The minimum atomic E-state index is -0.226. The van der Waals surface area contributed by atoms with Crippen molar-refractivity contribution in [3.63, 3.8) is 0 Å². The highest BCUT2D eigenvalue weighted by atomic mass is 79.9. The van der Waals surface area contributed by atoms with E-state index in [1.165, 1.54) is 111 Å². The summed E-state index contributed by atoms with van der Waals surface area (Å²) in [5.41, 5.74) is 0. The number of rotatable bonds is 9. The summed E-state index contributed by atoms with van der Waals surface area (Å²) >= 11 is 0. The van der Waals surface area contributed by atoms with E-state index in [9.17, 15) is 0 Å². The van der Waals surface area contributed by atoms with Gasteiger partial charge in [-0.2, -0.15) is 0 Å². The Kier molecular flexibility index (Phi) is 11.4. The molecule has 3 fully saturated rings. The van der Waals surface area contributed by atoms with Crippen LogP contribution in [0.3, 0.4) is 0 Å². The summed E-state index contributed by atoms with van der Waals surface area (Å²) in [6.45, 7) is 0. The van der Waals surface area contributed by atoms with Crippen molar-refractivity contribution in [3.05, 3.63) is 72.8 Å². The van der Waals surface area contributed by atoms with Crippen LogP contribution in [0.2, 0.25) is 0 Å². The summed E-state index contributed by atoms with van der Waals surface area (Å²) in [5.74, 6) is 2.98. The first-order chi connectivity index (χ1) is 19.8. The van der Waals surface area contributed by atoms with Crippen LogP contribution < -0.4 is 31.2 Å². The molecule has 6 rings (SSSR count). The maximum atomic E-state index is 6.35. The van der Waals surface area contributed by atoms with E-state index in [-0.39, 0.29) is 27.9 Å². The van der Waals surface area contributed by atoms with E-state index < -0.39 is 0 Å². The van der Waals surface area contributed by atoms with Gasteiger partial charge >= 0.3 is 0 Å². The fraction of sp³-hybridized carbons (Fsp3) is 0.500. The second kappa shape index (κ2) is 15.4. The third-order valence-electron chi connectivity index (χ3n) is 8.74. The Morgan fingerprint density at radius 1 is 0.366 bits per heavy atom. The first-order valence-corrected chi connectivity index (χ1v) is 17.1. The van der Waals surface area contributed by atoms with Gasteiger partial charge in [-0.25, -0.2) is 0 Å². The molecule has 41 heavy (non-hydrogen) atoms. The van der Waals surface area contributed by atoms with Gasteiger partial charge in [-0.1, -0.05) is 19.3 Å². The predicted molar refractivity (Wildman–Crippen MR) is 164 cm³/mol. The zero-order chi connectivity index (χ0) is 27.0. The van der Waals surface area contributed by atoms with E-state index >= 15 is 0 Å². The largest absolute Gasteiger partial charge is 1.00 e. The lowest BCUT2D eigenvalue weighted by Gasteiger charge is -2.23. The summed E-state index contributed by atoms with van der Waals surface area (Å²) < 4.78 is 19.0. The highest BCUT2D eigenvalue weighted by Gasteiger charge is 2.30. The van der Waals surface area contributed by atoms with E-state index in [2.05, 4.69) is 72.8 Å². The molecule has 0 heterocycles. The summed E-state index contributed by atoms with van der Waals surface area (Å²) in [4.78, 5) is 3.91. The van der Waals surface area contributed by atoms with Gasteiger partial charge in [0.2, 0.25) is 0 Å². The van der Waals surface area contributed by atoms with Crippen LogP contribution >= 0.6 is 0 Å². The average Bonchev–Trinajstić information content (AvgIpc) is 3.01. The molecule has 0 spiro atoms. The molecule has 3 aromatic carbocycles. The Morgan fingerprint density at radius 3 is 0.854 bits per heavy atom. The molecule has 0 unspecified atom stereocenters. The van der Waals surface area contributed by atoms with E-state index in [0.29, 0.717) is 18.3 Å². The van der Waals surface area contributed by atoms with E-state index in [1.807, 2.05) is 0 Å². The third-order valence-corrected chi connectivity index (χ3v) is 11.0. The Bertz CT molecular complexity index is 1010. The summed E-state index contributed by atoms with van der Waals surface area (Å²) in [6.07, 6.45) is 19.9. The van der Waals surface area contributed by atoms with E-state index in [4.69, 9.17) is 14.2 Å². The Morgan fingerprint density at radius 2 is 0.610 bits per heavy atom. The van der Waals surface area contributed by atoms with Crippen LogP contribution in [0, 0.1) is 0 Å². The van der Waals surface area contributed by atoms with Crippen molar-refractivity contribution in [2.45, 2.75) is 129 Å². The molecule has 3 aliphatic rings. The van der Waals surface area contributed by atoms with Gasteiger partial charge in [0.15, 0.2) is 14.7 Å². The number of ether oxygens (including phenoxy) is 3. The molecule has 220 valence electrons. The minimum Gasteiger partial charge on any atom is -1.00 e. The first kappa shape index (κ1) is 30.4. The molecule has 3 nitrogen and oxygen atoms in total. The number of benzene rings is 3. The average molecular weight is 638 g/mol.